The van der Waals surface area contributed by atoms with Gasteiger partial charge in [-0.1, -0.05) is 0 Å². The maximum atomic E-state index is 5.34. The van der Waals surface area contributed by atoms with Crippen LogP contribution in [0.5, 0.6) is 0 Å². The molecule has 0 radical (unpaired) electrons. The second-order valence-corrected chi connectivity index (χ2v) is 3.47. The monoisotopic (exact) mass is 327 g/mol. The summed E-state index contributed by atoms with van der Waals surface area (Å²) in [6, 6.07) is 0. The van der Waals surface area contributed by atoms with Crippen LogP contribution in [0.2, 0.25) is 0 Å². The minimum Gasteiger partial charge on any atom is -0.383 e. The van der Waals surface area contributed by atoms with Gasteiger partial charge >= 0.3 is 26.6 Å². The van der Waals surface area contributed by atoms with E-state index < -0.39 is 0 Å². The van der Waals surface area contributed by atoms with Gasteiger partial charge in [-0.3, -0.25) is 0 Å². The average molecular weight is 327 g/mol. The van der Waals surface area contributed by atoms with Crippen LogP contribution < -0.4 is 0 Å². The number of rotatable bonds is 0. The fraction of sp³-hybridized carbons (Fsp3) is 1.00. The van der Waals surface area contributed by atoms with Crippen LogP contribution in [-0.2, 0) is 4.74 Å². The Morgan fingerprint density at radius 1 is 1.38 bits per heavy atom. The van der Waals surface area contributed by atoms with E-state index in [0.717, 1.165) is 6.61 Å². The Morgan fingerprint density at radius 2 is 2.12 bits per heavy atom. The van der Waals surface area contributed by atoms with Gasteiger partial charge in [-0.15, -0.1) is 0 Å². The summed E-state index contributed by atoms with van der Waals surface area (Å²) in [4.78, 5) is 0. The molecule has 0 spiro atoms. The molecule has 0 N–H and O–H groups in total. The second-order valence-electron chi connectivity index (χ2n) is 2.18. The third kappa shape index (κ3) is 3.17. The van der Waals surface area contributed by atoms with Gasteiger partial charge in [0.2, 0.25) is 0 Å². The van der Waals surface area contributed by atoms with Gasteiger partial charge in [-0.05, 0) is 19.3 Å². The van der Waals surface area contributed by atoms with Crippen molar-refractivity contribution in [1.82, 2.24) is 0 Å². The molecule has 0 bridgehead atoms. The summed E-state index contributed by atoms with van der Waals surface area (Å²) in [5, 5.41) is 0. The van der Waals surface area contributed by atoms with E-state index in [1.165, 1.54) is 29.5 Å². The zero-order chi connectivity index (χ0) is 5.11. The second kappa shape index (κ2) is 4.91. The Hall–Kier alpha value is 1.07. The van der Waals surface area contributed by atoms with E-state index in [2.05, 4.69) is 0 Å². The van der Waals surface area contributed by atoms with E-state index in [1.54, 1.807) is 0 Å². The molecule has 3 heteroatoms. The first-order valence-corrected chi connectivity index (χ1v) is 4.16. The molecule has 1 nitrogen and oxygen atoms in total. The van der Waals surface area contributed by atoms with Crippen molar-refractivity contribution in [3.05, 3.63) is 0 Å². The molecule has 1 fully saturated rings. The molecule has 0 aromatic carbocycles. The molecule has 1 aliphatic rings. The SMILES string of the molecule is [PoH2].[SiH3]C1CCCCO1. The molecule has 0 aliphatic carbocycles. The summed E-state index contributed by atoms with van der Waals surface area (Å²) in [6.45, 7) is 1.02. The van der Waals surface area contributed by atoms with Crippen molar-refractivity contribution in [2.75, 3.05) is 6.61 Å². The van der Waals surface area contributed by atoms with Gasteiger partial charge in [0.15, 0.2) is 0 Å². The molecule has 0 aromatic heterocycles. The Bertz CT molecular complexity index is 54.4. The topological polar surface area (TPSA) is 9.23 Å². The first-order chi connectivity index (χ1) is 3.39. The molecular weight excluding hydrogens is 313 g/mol. The molecule has 0 amide bonds. The van der Waals surface area contributed by atoms with Gasteiger partial charge in [-0.2, -0.15) is 0 Å². The van der Waals surface area contributed by atoms with Crippen molar-refractivity contribution in [2.24, 2.45) is 0 Å². The van der Waals surface area contributed by atoms with Gasteiger partial charge in [-0.25, -0.2) is 0 Å². The van der Waals surface area contributed by atoms with Crippen molar-refractivity contribution in [3.8, 4) is 0 Å². The fourth-order valence-corrected chi connectivity index (χ4v) is 1.55. The summed E-state index contributed by atoms with van der Waals surface area (Å²) >= 11 is 0. The predicted molar refractivity (Wildman–Crippen MR) is 42.1 cm³/mol. The number of hydrogen-bond acceptors (Lipinski definition) is 1. The molecule has 1 heterocycles. The molecule has 50 valence electrons. The fourth-order valence-electron chi connectivity index (χ4n) is 0.902. The van der Waals surface area contributed by atoms with Crippen LogP contribution in [0.4, 0.5) is 0 Å². The van der Waals surface area contributed by atoms with Gasteiger partial charge < -0.3 is 4.74 Å². The van der Waals surface area contributed by atoms with Crippen LogP contribution in [0.15, 0.2) is 0 Å². The summed E-state index contributed by atoms with van der Waals surface area (Å²) in [7, 11) is 1.23. The number of hydrogen-bond donors (Lipinski definition) is 0. The Labute approximate surface area is 73.1 Å². The molecule has 8 heavy (non-hydrogen) atoms. The molecule has 1 saturated heterocycles. The third-order valence-electron chi connectivity index (χ3n) is 1.41. The molecule has 1 atom stereocenters. The van der Waals surface area contributed by atoms with Crippen LogP contribution in [0.3, 0.4) is 0 Å². The van der Waals surface area contributed by atoms with Crippen LogP contribution in [0.1, 0.15) is 19.3 Å². The van der Waals surface area contributed by atoms with E-state index in [-0.39, 0.29) is 26.6 Å². The molecular formula is C5H14OPoSi. The zero-order valence-corrected chi connectivity index (χ0v) is 11.2. The molecule has 1 rings (SSSR count). The molecule has 1 unspecified atom stereocenters. The van der Waals surface area contributed by atoms with E-state index in [4.69, 9.17) is 4.74 Å². The van der Waals surface area contributed by atoms with E-state index in [1.807, 2.05) is 0 Å². The number of ether oxygens (including phenoxy) is 1. The molecule has 0 aromatic rings. The standard InChI is InChI=1S/C5H12OSi.Po.2H/c7-5-3-1-2-4-6-5;;;/h5H,1-4H2,7H3;;;. The van der Waals surface area contributed by atoms with E-state index in [0.29, 0.717) is 5.73 Å². The van der Waals surface area contributed by atoms with Gasteiger partial charge in [0.05, 0.1) is 0 Å². The van der Waals surface area contributed by atoms with Gasteiger partial charge in [0.25, 0.3) is 0 Å². The van der Waals surface area contributed by atoms with E-state index in [9.17, 15) is 0 Å². The maximum Gasteiger partial charge on any atom is 0.0465 e. The summed E-state index contributed by atoms with van der Waals surface area (Å²) in [5.74, 6) is 0. The third-order valence-corrected chi connectivity index (χ3v) is 2.32. The minimum atomic E-state index is 0. The summed E-state index contributed by atoms with van der Waals surface area (Å²) < 4.78 is 5.34. The van der Waals surface area contributed by atoms with Crippen molar-refractivity contribution in [2.45, 2.75) is 25.0 Å². The average Bonchev–Trinajstić information content (AvgIpc) is 1.69. The van der Waals surface area contributed by atoms with E-state index >= 15 is 0 Å². The van der Waals surface area contributed by atoms with Crippen molar-refractivity contribution < 1.29 is 4.74 Å². The van der Waals surface area contributed by atoms with Gasteiger partial charge in [0.1, 0.15) is 0 Å². The quantitative estimate of drug-likeness (QED) is 0.517. The predicted octanol–water partition coefficient (Wildman–Crippen LogP) is -1.04. The zero-order valence-electron chi connectivity index (χ0n) is 5.31. The van der Waals surface area contributed by atoms with Crippen LogP contribution in [0, 0.1) is 0 Å². The van der Waals surface area contributed by atoms with Crippen molar-refractivity contribution in [1.29, 1.82) is 0 Å². The van der Waals surface area contributed by atoms with Crippen molar-refractivity contribution in [3.63, 3.8) is 0 Å². The Morgan fingerprint density at radius 3 is 2.38 bits per heavy atom. The largest absolute Gasteiger partial charge is 0.383 e. The maximum absolute atomic E-state index is 5.34. The van der Waals surface area contributed by atoms with Crippen LogP contribution in [0.25, 0.3) is 0 Å². The smallest absolute Gasteiger partial charge is 0.0465 e. The van der Waals surface area contributed by atoms with Gasteiger partial charge in [0, 0.05) is 22.6 Å². The van der Waals surface area contributed by atoms with Crippen LogP contribution >= 0.6 is 0 Å². The normalized spacial score (nSPS) is 29.2. The first kappa shape index (κ1) is 9.07. The minimum absolute atomic E-state index is 0. The summed E-state index contributed by atoms with van der Waals surface area (Å²) in [6.07, 6.45) is 4.01. The Balaban J connectivity index is 0.000000490. The Kier molecular flexibility index (Phi) is 5.56. The summed E-state index contributed by atoms with van der Waals surface area (Å²) in [5.41, 5.74) is 0.675. The molecule has 0 saturated carbocycles. The van der Waals surface area contributed by atoms with Crippen LogP contribution in [-0.4, -0.2) is 49.1 Å². The molecule has 1 aliphatic heterocycles. The van der Waals surface area contributed by atoms with Crippen molar-refractivity contribution >= 4 is 36.8 Å². The first-order valence-electron chi connectivity index (χ1n) is 3.01.